The molecule has 0 aliphatic rings. The predicted octanol–water partition coefficient (Wildman–Crippen LogP) is 2.12. The number of amides is 1. The molecule has 2 rings (SSSR count). The molecule has 0 aliphatic heterocycles. The summed E-state index contributed by atoms with van der Waals surface area (Å²) in [5.74, 6) is -0.616. The number of pyridine rings is 2. The molecule has 1 amide bonds. The maximum absolute atomic E-state index is 11.6. The van der Waals surface area contributed by atoms with Crippen LogP contribution in [0.1, 0.15) is 29.8 Å². The first-order valence-corrected chi connectivity index (χ1v) is 6.31. The lowest BCUT2D eigenvalue weighted by atomic mass is 9.90. The molecule has 20 heavy (non-hydrogen) atoms. The van der Waals surface area contributed by atoms with Gasteiger partial charge in [-0.25, -0.2) is 4.98 Å². The van der Waals surface area contributed by atoms with Crippen LogP contribution in [0.5, 0.6) is 0 Å². The van der Waals surface area contributed by atoms with Crippen LogP contribution in [0.15, 0.2) is 30.7 Å². The van der Waals surface area contributed by atoms with Gasteiger partial charge in [0.25, 0.3) is 0 Å². The Balaban J connectivity index is 2.79. The molecular weight excluding hydrogens is 278 g/mol. The first kappa shape index (κ1) is 14.4. The van der Waals surface area contributed by atoms with Crippen LogP contribution in [-0.2, 0) is 5.60 Å². The van der Waals surface area contributed by atoms with Crippen molar-refractivity contribution in [1.82, 2.24) is 9.97 Å². The van der Waals surface area contributed by atoms with Gasteiger partial charge >= 0.3 is 0 Å². The van der Waals surface area contributed by atoms with E-state index in [1.54, 1.807) is 26.1 Å². The number of nitrogens with zero attached hydrogens (tertiary/aromatic N) is 2. The van der Waals surface area contributed by atoms with Gasteiger partial charge in [-0.05, 0) is 31.5 Å². The van der Waals surface area contributed by atoms with Crippen molar-refractivity contribution in [2.45, 2.75) is 19.4 Å². The van der Waals surface area contributed by atoms with Crippen LogP contribution in [0.3, 0.4) is 0 Å². The fraction of sp³-hybridized carbons (Fsp3) is 0.214. The third-order valence-electron chi connectivity index (χ3n) is 2.92. The Morgan fingerprint density at radius 3 is 2.65 bits per heavy atom. The summed E-state index contributed by atoms with van der Waals surface area (Å²) >= 11 is 6.10. The smallest absolute Gasteiger partial charge is 0.249 e. The molecule has 6 heteroatoms. The van der Waals surface area contributed by atoms with Crippen LogP contribution >= 0.6 is 11.6 Å². The van der Waals surface area contributed by atoms with Crippen molar-refractivity contribution in [2.75, 3.05) is 0 Å². The molecule has 0 bridgehead atoms. The Morgan fingerprint density at radius 2 is 2.05 bits per heavy atom. The molecule has 0 unspecified atom stereocenters. The molecular formula is C14H14ClN3O2. The van der Waals surface area contributed by atoms with Crippen molar-refractivity contribution in [2.24, 2.45) is 5.73 Å². The SMILES string of the molecule is CC(C)(O)c1ccncc1-c1c(C(N)=O)ccnc1Cl. The van der Waals surface area contributed by atoms with Gasteiger partial charge in [0.2, 0.25) is 5.91 Å². The van der Waals surface area contributed by atoms with Crippen LogP contribution < -0.4 is 5.73 Å². The van der Waals surface area contributed by atoms with Crippen molar-refractivity contribution in [3.05, 3.63) is 47.0 Å². The summed E-state index contributed by atoms with van der Waals surface area (Å²) in [5.41, 5.74) is 6.00. The highest BCUT2D eigenvalue weighted by atomic mass is 35.5. The molecule has 5 nitrogen and oxygen atoms in total. The summed E-state index contributed by atoms with van der Waals surface area (Å²) in [7, 11) is 0. The lowest BCUT2D eigenvalue weighted by molar-refractivity contribution is 0.0790. The molecule has 2 aromatic rings. The number of primary amides is 1. The second-order valence-corrected chi connectivity index (χ2v) is 5.23. The molecule has 0 atom stereocenters. The number of carbonyl (C=O) groups excluding carboxylic acids is 1. The first-order chi connectivity index (χ1) is 9.32. The van der Waals surface area contributed by atoms with Gasteiger partial charge in [0.05, 0.1) is 11.2 Å². The van der Waals surface area contributed by atoms with E-state index in [4.69, 9.17) is 17.3 Å². The zero-order valence-electron chi connectivity index (χ0n) is 11.1. The van der Waals surface area contributed by atoms with Crippen molar-refractivity contribution < 1.29 is 9.90 Å². The van der Waals surface area contributed by atoms with E-state index < -0.39 is 11.5 Å². The minimum atomic E-state index is -1.12. The van der Waals surface area contributed by atoms with Crippen molar-refractivity contribution in [3.8, 4) is 11.1 Å². The highest BCUT2D eigenvalue weighted by Gasteiger charge is 2.24. The van der Waals surface area contributed by atoms with Crippen molar-refractivity contribution >= 4 is 17.5 Å². The third-order valence-corrected chi connectivity index (χ3v) is 3.21. The van der Waals surface area contributed by atoms with Crippen molar-refractivity contribution in [3.63, 3.8) is 0 Å². The Bertz CT molecular complexity index is 666. The highest BCUT2D eigenvalue weighted by molar-refractivity contribution is 6.33. The standard InChI is InChI=1S/C14H14ClN3O2/c1-14(2,20)10-4-5-17-7-9(10)11-8(13(16)19)3-6-18-12(11)15/h3-7,20H,1-2H3,(H2,16,19). The maximum Gasteiger partial charge on any atom is 0.249 e. The van der Waals surface area contributed by atoms with Crippen LogP contribution in [-0.4, -0.2) is 21.0 Å². The molecule has 3 N–H and O–H groups in total. The highest BCUT2D eigenvalue weighted by Crippen LogP contribution is 2.36. The Hall–Kier alpha value is -1.98. The van der Waals surface area contributed by atoms with E-state index in [2.05, 4.69) is 9.97 Å². The quantitative estimate of drug-likeness (QED) is 0.848. The molecule has 0 spiro atoms. The summed E-state index contributed by atoms with van der Waals surface area (Å²) in [6.07, 6.45) is 4.50. The molecule has 104 valence electrons. The molecule has 0 aliphatic carbocycles. The lowest BCUT2D eigenvalue weighted by Gasteiger charge is -2.22. The number of nitrogens with two attached hydrogens (primary N) is 1. The van der Waals surface area contributed by atoms with Crippen LogP contribution in [0, 0.1) is 0 Å². The summed E-state index contributed by atoms with van der Waals surface area (Å²) in [6.45, 7) is 3.28. The van der Waals surface area contributed by atoms with Crippen LogP contribution in [0.25, 0.3) is 11.1 Å². The largest absolute Gasteiger partial charge is 0.386 e. The fourth-order valence-electron chi connectivity index (χ4n) is 2.02. The molecule has 0 fully saturated rings. The molecule has 2 aromatic heterocycles. The minimum Gasteiger partial charge on any atom is -0.386 e. The fourth-order valence-corrected chi connectivity index (χ4v) is 2.28. The number of hydrogen-bond acceptors (Lipinski definition) is 4. The van der Waals surface area contributed by atoms with Crippen LogP contribution in [0.4, 0.5) is 0 Å². The normalized spacial score (nSPS) is 11.4. The van der Waals surface area contributed by atoms with Gasteiger partial charge in [-0.3, -0.25) is 9.78 Å². The second-order valence-electron chi connectivity index (χ2n) is 4.87. The zero-order valence-corrected chi connectivity index (χ0v) is 11.8. The predicted molar refractivity (Wildman–Crippen MR) is 76.2 cm³/mol. The zero-order chi connectivity index (χ0) is 14.9. The van der Waals surface area contributed by atoms with Crippen LogP contribution in [0.2, 0.25) is 5.15 Å². The van der Waals surface area contributed by atoms with Gasteiger partial charge in [-0.1, -0.05) is 11.6 Å². The third kappa shape index (κ3) is 2.64. The molecule has 0 radical (unpaired) electrons. The monoisotopic (exact) mass is 291 g/mol. The van der Waals surface area contributed by atoms with Gasteiger partial charge in [0, 0.05) is 29.7 Å². The van der Waals surface area contributed by atoms with E-state index in [-0.39, 0.29) is 10.7 Å². The first-order valence-electron chi connectivity index (χ1n) is 5.94. The number of hydrogen-bond donors (Lipinski definition) is 2. The van der Waals surface area contributed by atoms with Crippen molar-refractivity contribution in [1.29, 1.82) is 0 Å². The Morgan fingerprint density at radius 1 is 1.35 bits per heavy atom. The number of rotatable bonds is 3. The summed E-state index contributed by atoms with van der Waals surface area (Å²) in [5, 5.41) is 10.4. The minimum absolute atomic E-state index is 0.139. The summed E-state index contributed by atoms with van der Waals surface area (Å²) < 4.78 is 0. The number of aliphatic hydroxyl groups is 1. The average Bonchev–Trinajstić information content (AvgIpc) is 2.37. The van der Waals surface area contributed by atoms with Gasteiger partial charge < -0.3 is 10.8 Å². The second kappa shape index (κ2) is 5.19. The van der Waals surface area contributed by atoms with Gasteiger partial charge in [0.1, 0.15) is 5.15 Å². The maximum atomic E-state index is 11.6. The number of aromatic nitrogens is 2. The molecule has 0 saturated heterocycles. The topological polar surface area (TPSA) is 89.1 Å². The summed E-state index contributed by atoms with van der Waals surface area (Å²) in [6, 6.07) is 3.16. The van der Waals surface area contributed by atoms with E-state index in [1.165, 1.54) is 18.5 Å². The van der Waals surface area contributed by atoms with Gasteiger partial charge in [-0.2, -0.15) is 0 Å². The van der Waals surface area contributed by atoms with E-state index in [0.29, 0.717) is 16.7 Å². The average molecular weight is 292 g/mol. The van der Waals surface area contributed by atoms with Gasteiger partial charge in [0.15, 0.2) is 0 Å². The Labute approximate surface area is 121 Å². The molecule has 2 heterocycles. The van der Waals surface area contributed by atoms with E-state index >= 15 is 0 Å². The van der Waals surface area contributed by atoms with E-state index in [1.807, 2.05) is 0 Å². The molecule has 0 aromatic carbocycles. The van der Waals surface area contributed by atoms with Gasteiger partial charge in [-0.15, -0.1) is 0 Å². The number of halogens is 1. The van der Waals surface area contributed by atoms with E-state index in [9.17, 15) is 9.90 Å². The number of carbonyl (C=O) groups is 1. The summed E-state index contributed by atoms with van der Waals surface area (Å²) in [4.78, 5) is 19.6. The Kier molecular flexibility index (Phi) is 3.74. The van der Waals surface area contributed by atoms with E-state index in [0.717, 1.165) is 0 Å². The lowest BCUT2D eigenvalue weighted by Crippen LogP contribution is -2.19. The molecule has 0 saturated carbocycles.